The van der Waals surface area contributed by atoms with Crippen LogP contribution in [0.1, 0.15) is 32.1 Å². The van der Waals surface area contributed by atoms with Crippen LogP contribution in [0.25, 0.3) is 0 Å². The Labute approximate surface area is 91.9 Å². The van der Waals surface area contributed by atoms with Gasteiger partial charge >= 0.3 is 0 Å². The van der Waals surface area contributed by atoms with Crippen molar-refractivity contribution in [3.05, 3.63) is 12.7 Å². The number of piperidine rings is 1. The zero-order valence-electron chi connectivity index (χ0n) is 9.34. The minimum Gasteiger partial charge on any atom is -0.370 e. The molecule has 0 amide bonds. The van der Waals surface area contributed by atoms with Gasteiger partial charge in [-0.15, -0.1) is 6.58 Å². The Bertz CT molecular complexity index is 198. The summed E-state index contributed by atoms with van der Waals surface area (Å²) in [4.78, 5) is 11.4. The lowest BCUT2D eigenvalue weighted by molar-refractivity contribution is -0.126. The number of ketones is 1. The van der Waals surface area contributed by atoms with Gasteiger partial charge < -0.3 is 10.1 Å². The molecule has 0 atom stereocenters. The van der Waals surface area contributed by atoms with Crippen molar-refractivity contribution >= 4 is 5.78 Å². The van der Waals surface area contributed by atoms with Crippen LogP contribution in [0.15, 0.2) is 12.7 Å². The van der Waals surface area contributed by atoms with Crippen molar-refractivity contribution in [2.24, 2.45) is 0 Å². The Balaban J connectivity index is 2.02. The third-order valence-corrected chi connectivity index (χ3v) is 2.63. The summed E-state index contributed by atoms with van der Waals surface area (Å²) < 4.78 is 5.56. The van der Waals surface area contributed by atoms with Gasteiger partial charge in [0.25, 0.3) is 0 Å². The molecule has 1 saturated heterocycles. The van der Waals surface area contributed by atoms with Crippen LogP contribution in [0.4, 0.5) is 0 Å². The predicted octanol–water partition coefficient (Wildman–Crippen LogP) is 1.68. The van der Waals surface area contributed by atoms with E-state index >= 15 is 0 Å². The largest absolute Gasteiger partial charge is 0.370 e. The van der Waals surface area contributed by atoms with Crippen LogP contribution in [0.5, 0.6) is 0 Å². The molecule has 3 nitrogen and oxygen atoms in total. The Kier molecular flexibility index (Phi) is 6.28. The van der Waals surface area contributed by atoms with E-state index in [1.165, 1.54) is 0 Å². The highest BCUT2D eigenvalue weighted by Crippen LogP contribution is 2.07. The van der Waals surface area contributed by atoms with Gasteiger partial charge in [0.1, 0.15) is 6.61 Å². The minimum absolute atomic E-state index is 0.218. The molecular weight excluding hydrogens is 190 g/mol. The molecule has 0 aromatic carbocycles. The fourth-order valence-corrected chi connectivity index (χ4v) is 1.69. The van der Waals surface area contributed by atoms with Crippen molar-refractivity contribution in [3.8, 4) is 0 Å². The maximum Gasteiger partial charge on any atom is 0.158 e. The lowest BCUT2D eigenvalue weighted by Crippen LogP contribution is -2.33. The average molecular weight is 211 g/mol. The third-order valence-electron chi connectivity index (χ3n) is 2.63. The summed E-state index contributed by atoms with van der Waals surface area (Å²) in [6, 6.07) is 0. The summed E-state index contributed by atoms with van der Waals surface area (Å²) in [6.45, 7) is 5.94. The molecule has 1 aliphatic rings. The number of rotatable bonds is 7. The predicted molar refractivity (Wildman–Crippen MR) is 60.9 cm³/mol. The monoisotopic (exact) mass is 211 g/mol. The van der Waals surface area contributed by atoms with E-state index in [-0.39, 0.29) is 11.9 Å². The van der Waals surface area contributed by atoms with Crippen molar-refractivity contribution in [3.63, 3.8) is 0 Å². The van der Waals surface area contributed by atoms with Gasteiger partial charge in [0.15, 0.2) is 5.78 Å². The highest BCUT2D eigenvalue weighted by Gasteiger charge is 2.14. The second-order valence-electron chi connectivity index (χ2n) is 3.98. The second-order valence-corrected chi connectivity index (χ2v) is 3.98. The number of carbonyl (C=O) groups is 1. The molecule has 3 heteroatoms. The SMILES string of the molecule is C=CCCCC(=O)COC1CCNCC1. The first kappa shape index (κ1) is 12.4. The van der Waals surface area contributed by atoms with Crippen LogP contribution in [-0.2, 0) is 9.53 Å². The molecule has 0 radical (unpaired) electrons. The molecule has 0 spiro atoms. The Morgan fingerprint density at radius 3 is 2.87 bits per heavy atom. The standard InChI is InChI=1S/C12H21NO2/c1-2-3-4-5-11(14)10-15-12-6-8-13-9-7-12/h2,12-13H,1,3-10H2. The molecule has 0 aliphatic carbocycles. The second kappa shape index (κ2) is 7.60. The Hall–Kier alpha value is -0.670. The van der Waals surface area contributed by atoms with Gasteiger partial charge in [-0.05, 0) is 38.8 Å². The molecule has 0 aromatic heterocycles. The van der Waals surface area contributed by atoms with E-state index in [0.717, 1.165) is 38.8 Å². The van der Waals surface area contributed by atoms with Gasteiger partial charge in [-0.25, -0.2) is 0 Å². The van der Waals surface area contributed by atoms with Crippen LogP contribution >= 0.6 is 0 Å². The Morgan fingerprint density at radius 2 is 2.20 bits per heavy atom. The van der Waals surface area contributed by atoms with Crippen molar-refractivity contribution in [2.75, 3.05) is 19.7 Å². The summed E-state index contributed by atoms with van der Waals surface area (Å²) in [5.74, 6) is 0.218. The topological polar surface area (TPSA) is 38.3 Å². The third kappa shape index (κ3) is 5.70. The molecular formula is C12H21NO2. The molecule has 1 heterocycles. The molecule has 0 aromatic rings. The number of carbonyl (C=O) groups excluding carboxylic acids is 1. The minimum atomic E-state index is 0.218. The highest BCUT2D eigenvalue weighted by atomic mass is 16.5. The fraction of sp³-hybridized carbons (Fsp3) is 0.750. The fourth-order valence-electron chi connectivity index (χ4n) is 1.69. The molecule has 1 fully saturated rings. The van der Waals surface area contributed by atoms with E-state index in [9.17, 15) is 4.79 Å². The van der Waals surface area contributed by atoms with Crippen LogP contribution in [0, 0.1) is 0 Å². The average Bonchev–Trinajstić information content (AvgIpc) is 2.28. The number of hydrogen-bond acceptors (Lipinski definition) is 3. The summed E-state index contributed by atoms with van der Waals surface area (Å²) in [5, 5.41) is 3.27. The van der Waals surface area contributed by atoms with E-state index in [1.807, 2.05) is 6.08 Å². The summed E-state index contributed by atoms with van der Waals surface area (Å²) in [5.41, 5.74) is 0. The van der Waals surface area contributed by atoms with Crippen LogP contribution in [0.3, 0.4) is 0 Å². The maximum atomic E-state index is 11.4. The van der Waals surface area contributed by atoms with E-state index < -0.39 is 0 Å². The molecule has 0 saturated carbocycles. The maximum absolute atomic E-state index is 11.4. The molecule has 1 N–H and O–H groups in total. The van der Waals surface area contributed by atoms with Crippen molar-refractivity contribution in [1.82, 2.24) is 5.32 Å². The van der Waals surface area contributed by atoms with Crippen LogP contribution in [0.2, 0.25) is 0 Å². The summed E-state index contributed by atoms with van der Waals surface area (Å²) in [7, 11) is 0. The van der Waals surface area contributed by atoms with E-state index in [1.54, 1.807) is 0 Å². The number of allylic oxidation sites excluding steroid dienone is 1. The molecule has 1 aliphatic heterocycles. The zero-order chi connectivity index (χ0) is 10.9. The van der Waals surface area contributed by atoms with Gasteiger partial charge in [-0.1, -0.05) is 6.08 Å². The molecule has 0 unspecified atom stereocenters. The van der Waals surface area contributed by atoms with E-state index in [4.69, 9.17) is 4.74 Å². The van der Waals surface area contributed by atoms with Gasteiger partial charge in [-0.2, -0.15) is 0 Å². The normalized spacial score (nSPS) is 17.6. The van der Waals surface area contributed by atoms with Gasteiger partial charge in [0, 0.05) is 6.42 Å². The molecule has 0 bridgehead atoms. The van der Waals surface area contributed by atoms with Gasteiger partial charge in [0.2, 0.25) is 0 Å². The Morgan fingerprint density at radius 1 is 1.47 bits per heavy atom. The number of nitrogens with one attached hydrogen (secondary N) is 1. The lowest BCUT2D eigenvalue weighted by atomic mass is 10.1. The first-order valence-electron chi connectivity index (χ1n) is 5.78. The first-order valence-corrected chi connectivity index (χ1v) is 5.78. The van der Waals surface area contributed by atoms with Crippen molar-refractivity contribution in [1.29, 1.82) is 0 Å². The van der Waals surface area contributed by atoms with E-state index in [2.05, 4.69) is 11.9 Å². The molecule has 86 valence electrons. The molecule has 15 heavy (non-hydrogen) atoms. The number of ether oxygens (including phenoxy) is 1. The summed E-state index contributed by atoms with van der Waals surface area (Å²) >= 11 is 0. The number of Topliss-reactive ketones (excluding diaryl/α,β-unsaturated/α-hetero) is 1. The zero-order valence-corrected chi connectivity index (χ0v) is 9.34. The van der Waals surface area contributed by atoms with Crippen molar-refractivity contribution in [2.45, 2.75) is 38.2 Å². The van der Waals surface area contributed by atoms with E-state index in [0.29, 0.717) is 13.0 Å². The molecule has 1 rings (SSSR count). The van der Waals surface area contributed by atoms with Crippen LogP contribution < -0.4 is 5.32 Å². The van der Waals surface area contributed by atoms with Crippen LogP contribution in [-0.4, -0.2) is 31.6 Å². The van der Waals surface area contributed by atoms with Gasteiger partial charge in [0.05, 0.1) is 6.10 Å². The number of hydrogen-bond donors (Lipinski definition) is 1. The first-order chi connectivity index (χ1) is 7.33. The highest BCUT2D eigenvalue weighted by molar-refractivity contribution is 5.79. The lowest BCUT2D eigenvalue weighted by Gasteiger charge is -2.22. The number of unbranched alkanes of at least 4 members (excludes halogenated alkanes) is 1. The van der Waals surface area contributed by atoms with Gasteiger partial charge in [-0.3, -0.25) is 4.79 Å². The quantitative estimate of drug-likeness (QED) is 0.514. The smallest absolute Gasteiger partial charge is 0.158 e. The van der Waals surface area contributed by atoms with Crippen molar-refractivity contribution < 1.29 is 9.53 Å². The summed E-state index contributed by atoms with van der Waals surface area (Å²) in [6.07, 6.45) is 6.63.